The van der Waals surface area contributed by atoms with Gasteiger partial charge in [-0.05, 0) is 50.3 Å². The number of pyridine rings is 1. The van der Waals surface area contributed by atoms with Crippen LogP contribution in [0, 0.1) is 5.92 Å². The molecule has 2 aliphatic rings. The molecule has 5 rings (SSSR count). The number of aromatic amines is 1. The van der Waals surface area contributed by atoms with Gasteiger partial charge in [0, 0.05) is 48.8 Å². The predicted molar refractivity (Wildman–Crippen MR) is 111 cm³/mol. The molecule has 0 aliphatic carbocycles. The summed E-state index contributed by atoms with van der Waals surface area (Å²) >= 11 is 0. The summed E-state index contributed by atoms with van der Waals surface area (Å²) < 4.78 is 7.15. The van der Waals surface area contributed by atoms with Gasteiger partial charge < -0.3 is 9.64 Å². The first-order valence-electron chi connectivity index (χ1n) is 10.6. The third-order valence-electron chi connectivity index (χ3n) is 6.18. The quantitative estimate of drug-likeness (QED) is 0.738. The highest BCUT2D eigenvalue weighted by Crippen LogP contribution is 2.27. The van der Waals surface area contributed by atoms with E-state index in [4.69, 9.17) is 9.84 Å². The summed E-state index contributed by atoms with van der Waals surface area (Å²) in [5.74, 6) is 1.69. The fourth-order valence-electron chi connectivity index (χ4n) is 4.74. The topological polar surface area (TPSA) is 76.0 Å². The summed E-state index contributed by atoms with van der Waals surface area (Å²) in [4.78, 5) is 22.5. The normalized spacial score (nSPS) is 23.4. The highest BCUT2D eigenvalue weighted by Gasteiger charge is 2.27. The third-order valence-corrected chi connectivity index (χ3v) is 6.18. The Morgan fingerprint density at radius 3 is 3.07 bits per heavy atom. The van der Waals surface area contributed by atoms with Crippen molar-refractivity contribution in [3.05, 3.63) is 53.0 Å². The Labute approximate surface area is 169 Å². The van der Waals surface area contributed by atoms with Crippen molar-refractivity contribution in [2.75, 3.05) is 32.8 Å². The van der Waals surface area contributed by atoms with Gasteiger partial charge in [-0.25, -0.2) is 4.79 Å². The van der Waals surface area contributed by atoms with E-state index < -0.39 is 0 Å². The largest absolute Gasteiger partial charge is 0.381 e. The molecule has 2 saturated heterocycles. The summed E-state index contributed by atoms with van der Waals surface area (Å²) in [6.07, 6.45) is 8.17. The highest BCUT2D eigenvalue weighted by atomic mass is 16.5. The average molecular weight is 393 g/mol. The molecule has 0 radical (unpaired) electrons. The molecule has 1 aromatic carbocycles. The molecule has 0 bridgehead atoms. The number of ether oxygens (including phenoxy) is 1. The first-order chi connectivity index (χ1) is 14.3. The van der Waals surface area contributed by atoms with Crippen LogP contribution < -0.4 is 5.69 Å². The van der Waals surface area contributed by atoms with Crippen molar-refractivity contribution in [2.45, 2.75) is 31.6 Å². The molecule has 152 valence electrons. The van der Waals surface area contributed by atoms with Crippen LogP contribution in [0.2, 0.25) is 0 Å². The van der Waals surface area contributed by atoms with Crippen molar-refractivity contribution in [3.63, 3.8) is 0 Å². The molecule has 2 fully saturated rings. The summed E-state index contributed by atoms with van der Waals surface area (Å²) in [6.45, 7) is 4.93. The predicted octanol–water partition coefficient (Wildman–Crippen LogP) is 2.71. The molecule has 4 heterocycles. The van der Waals surface area contributed by atoms with Crippen molar-refractivity contribution in [2.24, 2.45) is 5.92 Å². The van der Waals surface area contributed by atoms with Crippen molar-refractivity contribution in [3.8, 4) is 5.69 Å². The Morgan fingerprint density at radius 1 is 1.21 bits per heavy atom. The Morgan fingerprint density at radius 2 is 2.17 bits per heavy atom. The Bertz CT molecular complexity index is 1030. The molecular weight excluding hydrogens is 366 g/mol. The van der Waals surface area contributed by atoms with Crippen LogP contribution in [0.25, 0.3) is 16.5 Å². The first kappa shape index (κ1) is 18.5. The van der Waals surface area contributed by atoms with Crippen LogP contribution >= 0.6 is 0 Å². The van der Waals surface area contributed by atoms with Crippen LogP contribution in [0.5, 0.6) is 0 Å². The van der Waals surface area contributed by atoms with Crippen LogP contribution in [0.3, 0.4) is 0 Å². The maximum Gasteiger partial charge on any atom is 0.348 e. The highest BCUT2D eigenvalue weighted by molar-refractivity contribution is 5.89. The number of benzene rings is 1. The average Bonchev–Trinajstić information content (AvgIpc) is 3.16. The number of likely N-dealkylation sites (tertiary alicyclic amines) is 1. The second kappa shape index (κ2) is 8.08. The number of nitrogens with one attached hydrogen (secondary N) is 1. The van der Waals surface area contributed by atoms with Crippen molar-refractivity contribution in [1.29, 1.82) is 0 Å². The molecule has 2 aromatic heterocycles. The van der Waals surface area contributed by atoms with Gasteiger partial charge in [-0.2, -0.15) is 4.68 Å². The van der Waals surface area contributed by atoms with E-state index in [1.807, 2.05) is 30.5 Å². The number of nitrogens with zero attached hydrogens (tertiary/aromatic N) is 4. The molecule has 3 aromatic rings. The zero-order valence-electron chi connectivity index (χ0n) is 16.6. The Hall–Kier alpha value is -2.51. The lowest BCUT2D eigenvalue weighted by Gasteiger charge is -2.35. The number of piperidine rings is 1. The van der Waals surface area contributed by atoms with Crippen LogP contribution in [-0.2, 0) is 4.74 Å². The zero-order valence-corrected chi connectivity index (χ0v) is 16.6. The van der Waals surface area contributed by atoms with Crippen LogP contribution in [-0.4, -0.2) is 57.5 Å². The third kappa shape index (κ3) is 3.84. The molecule has 0 saturated carbocycles. The summed E-state index contributed by atoms with van der Waals surface area (Å²) in [6, 6.07) is 7.80. The van der Waals surface area contributed by atoms with Crippen molar-refractivity contribution in [1.82, 2.24) is 24.6 Å². The summed E-state index contributed by atoms with van der Waals surface area (Å²) in [5.41, 5.74) is 0.617. The van der Waals surface area contributed by atoms with Crippen LogP contribution in [0.15, 0.2) is 41.5 Å². The van der Waals surface area contributed by atoms with Crippen LogP contribution in [0.1, 0.15) is 37.4 Å². The monoisotopic (exact) mass is 393 g/mol. The van der Waals surface area contributed by atoms with Gasteiger partial charge in [0.2, 0.25) is 0 Å². The fraction of sp³-hybridized carbons (Fsp3) is 0.500. The van der Waals surface area contributed by atoms with Crippen molar-refractivity contribution >= 4 is 10.8 Å². The molecular formula is C22H27N5O2. The molecule has 0 spiro atoms. The molecule has 1 N–H and O–H groups in total. The number of hydrogen-bond acceptors (Lipinski definition) is 5. The Balaban J connectivity index is 1.37. The zero-order chi connectivity index (χ0) is 19.6. The van der Waals surface area contributed by atoms with Gasteiger partial charge in [0.1, 0.15) is 5.82 Å². The van der Waals surface area contributed by atoms with Gasteiger partial charge in [-0.3, -0.25) is 9.97 Å². The number of H-pyrrole nitrogens is 1. The molecule has 29 heavy (non-hydrogen) atoms. The SMILES string of the molecule is O=c1[nH]c(C2CCCN(CC3CCCOC3)C2)nn1-c1cccc2cnccc12. The van der Waals surface area contributed by atoms with E-state index in [2.05, 4.69) is 14.9 Å². The van der Waals surface area contributed by atoms with E-state index in [0.29, 0.717) is 5.92 Å². The minimum absolute atomic E-state index is 0.179. The smallest absolute Gasteiger partial charge is 0.348 e. The van der Waals surface area contributed by atoms with Gasteiger partial charge in [0.05, 0.1) is 12.3 Å². The summed E-state index contributed by atoms with van der Waals surface area (Å²) in [7, 11) is 0. The lowest BCUT2D eigenvalue weighted by Crippen LogP contribution is -2.40. The van der Waals surface area contributed by atoms with E-state index in [-0.39, 0.29) is 11.6 Å². The summed E-state index contributed by atoms with van der Waals surface area (Å²) in [5, 5.41) is 6.69. The number of aromatic nitrogens is 4. The molecule has 0 amide bonds. The van der Waals surface area contributed by atoms with Gasteiger partial charge in [-0.1, -0.05) is 12.1 Å². The number of fused-ring (bicyclic) bond motifs is 1. The molecule has 2 atom stereocenters. The van der Waals surface area contributed by atoms with Crippen LogP contribution in [0.4, 0.5) is 0 Å². The first-order valence-corrected chi connectivity index (χ1v) is 10.6. The Kier molecular flexibility index (Phi) is 5.16. The number of hydrogen-bond donors (Lipinski definition) is 1. The second-order valence-corrected chi connectivity index (χ2v) is 8.28. The molecule has 2 aliphatic heterocycles. The maximum absolute atomic E-state index is 12.7. The minimum Gasteiger partial charge on any atom is -0.381 e. The molecule has 7 nitrogen and oxygen atoms in total. The van der Waals surface area contributed by atoms with E-state index in [1.165, 1.54) is 17.5 Å². The van der Waals surface area contributed by atoms with E-state index in [0.717, 1.165) is 68.0 Å². The van der Waals surface area contributed by atoms with Gasteiger partial charge in [0.15, 0.2) is 0 Å². The second-order valence-electron chi connectivity index (χ2n) is 8.28. The van der Waals surface area contributed by atoms with E-state index in [1.54, 1.807) is 6.20 Å². The minimum atomic E-state index is -0.179. The standard InChI is InChI=1S/C22H27N5O2/c28-22-24-21(18-6-2-10-26(14-18)13-16-4-3-11-29-15-16)25-27(22)20-7-1-5-17-12-23-9-8-19(17)20/h1,5,7-9,12,16,18H,2-4,6,10-11,13-15H2,(H,24,25,28). The van der Waals surface area contributed by atoms with Gasteiger partial charge >= 0.3 is 5.69 Å². The van der Waals surface area contributed by atoms with Gasteiger partial charge in [-0.15, -0.1) is 5.10 Å². The molecule has 2 unspecified atom stereocenters. The lowest BCUT2D eigenvalue weighted by molar-refractivity contribution is 0.0339. The van der Waals surface area contributed by atoms with Gasteiger partial charge in [0.25, 0.3) is 0 Å². The van der Waals surface area contributed by atoms with Crippen molar-refractivity contribution < 1.29 is 4.74 Å². The fourth-order valence-corrected chi connectivity index (χ4v) is 4.74. The number of rotatable bonds is 4. The maximum atomic E-state index is 12.7. The molecule has 7 heteroatoms. The van der Waals surface area contributed by atoms with E-state index >= 15 is 0 Å². The lowest BCUT2D eigenvalue weighted by atomic mass is 9.95. The van der Waals surface area contributed by atoms with E-state index in [9.17, 15) is 4.79 Å².